The predicted molar refractivity (Wildman–Crippen MR) is 123 cm³/mol. The number of carbonyl (C=O) groups excluding carboxylic acids is 2. The first kappa shape index (κ1) is 22.0. The molecule has 0 atom stereocenters. The molecular formula is C24H28N2O3S. The maximum atomic E-state index is 12.3. The molecule has 5 nitrogen and oxygen atoms in total. The minimum absolute atomic E-state index is 0.158. The molecule has 0 bridgehead atoms. The fourth-order valence-electron chi connectivity index (χ4n) is 3.40. The Bertz CT molecular complexity index is 903. The van der Waals surface area contributed by atoms with Crippen LogP contribution in [0.3, 0.4) is 0 Å². The van der Waals surface area contributed by atoms with Crippen LogP contribution in [-0.2, 0) is 9.59 Å². The maximum Gasteiger partial charge on any atom is 0.255 e. The molecule has 0 aliphatic heterocycles. The normalized spacial score (nSPS) is 14.6. The Labute approximate surface area is 182 Å². The van der Waals surface area contributed by atoms with Crippen molar-refractivity contribution in [3.63, 3.8) is 0 Å². The third-order valence-electron chi connectivity index (χ3n) is 5.00. The van der Waals surface area contributed by atoms with Crippen LogP contribution in [0.2, 0.25) is 0 Å². The van der Waals surface area contributed by atoms with Gasteiger partial charge in [0.25, 0.3) is 5.91 Å². The average Bonchev–Trinajstić information content (AvgIpc) is 2.74. The predicted octanol–water partition coefficient (Wildman–Crippen LogP) is 4.94. The van der Waals surface area contributed by atoms with E-state index in [9.17, 15) is 9.59 Å². The first-order valence-corrected chi connectivity index (χ1v) is 11.1. The summed E-state index contributed by atoms with van der Waals surface area (Å²) in [6, 6.07) is 13.3. The van der Waals surface area contributed by atoms with Gasteiger partial charge in [-0.15, -0.1) is 11.8 Å². The number of hydrogen-bond acceptors (Lipinski definition) is 4. The third kappa shape index (κ3) is 6.95. The van der Waals surface area contributed by atoms with E-state index in [0.717, 1.165) is 16.8 Å². The number of amides is 2. The Balaban J connectivity index is 1.53. The molecule has 1 fully saturated rings. The van der Waals surface area contributed by atoms with Crippen LogP contribution < -0.4 is 15.8 Å². The molecular weight excluding hydrogens is 396 g/mol. The van der Waals surface area contributed by atoms with Crippen molar-refractivity contribution in [3.8, 4) is 5.75 Å². The highest BCUT2D eigenvalue weighted by Gasteiger charge is 2.15. The Morgan fingerprint density at radius 3 is 2.53 bits per heavy atom. The van der Waals surface area contributed by atoms with E-state index >= 15 is 0 Å². The van der Waals surface area contributed by atoms with Crippen LogP contribution in [0.5, 0.6) is 5.75 Å². The fraction of sp³-hybridized carbons (Fsp3) is 0.333. The highest BCUT2D eigenvalue weighted by Crippen LogP contribution is 2.34. The second-order valence-electron chi connectivity index (χ2n) is 7.50. The molecule has 3 rings (SSSR count). The van der Waals surface area contributed by atoms with Crippen molar-refractivity contribution < 1.29 is 14.3 Å². The van der Waals surface area contributed by atoms with Gasteiger partial charge in [0.15, 0.2) is 6.61 Å². The Hall–Kier alpha value is -2.73. The van der Waals surface area contributed by atoms with Gasteiger partial charge in [-0.25, -0.2) is 0 Å². The summed E-state index contributed by atoms with van der Waals surface area (Å²) >= 11 is 1.96. The molecule has 1 saturated carbocycles. The summed E-state index contributed by atoms with van der Waals surface area (Å²) in [5, 5.41) is 3.66. The first-order valence-electron chi connectivity index (χ1n) is 10.3. The van der Waals surface area contributed by atoms with Gasteiger partial charge in [-0.2, -0.15) is 0 Å². The molecule has 2 aromatic rings. The van der Waals surface area contributed by atoms with E-state index in [4.69, 9.17) is 10.5 Å². The number of carbonyl (C=O) groups is 2. The van der Waals surface area contributed by atoms with Crippen molar-refractivity contribution in [1.29, 1.82) is 0 Å². The largest absolute Gasteiger partial charge is 0.484 e. The quantitative estimate of drug-likeness (QED) is 0.589. The minimum Gasteiger partial charge on any atom is -0.484 e. The zero-order valence-electron chi connectivity index (χ0n) is 17.2. The summed E-state index contributed by atoms with van der Waals surface area (Å²) in [6.07, 6.45) is 9.86. The van der Waals surface area contributed by atoms with Crippen molar-refractivity contribution in [3.05, 3.63) is 59.7 Å². The molecule has 6 heteroatoms. The number of nitrogens with two attached hydrogens (primary N) is 1. The molecule has 1 aliphatic carbocycles. The molecule has 0 heterocycles. The summed E-state index contributed by atoms with van der Waals surface area (Å²) in [5.74, 6) is -0.149. The van der Waals surface area contributed by atoms with Crippen LogP contribution in [0.4, 0.5) is 5.69 Å². The highest BCUT2D eigenvalue weighted by molar-refractivity contribution is 8.00. The van der Waals surface area contributed by atoms with Gasteiger partial charge in [-0.1, -0.05) is 31.4 Å². The average molecular weight is 425 g/mol. The number of nitrogens with one attached hydrogen (secondary N) is 1. The Kier molecular flexibility index (Phi) is 7.97. The van der Waals surface area contributed by atoms with Gasteiger partial charge in [0.1, 0.15) is 5.75 Å². The summed E-state index contributed by atoms with van der Waals surface area (Å²) < 4.78 is 5.22. The second-order valence-corrected chi connectivity index (χ2v) is 8.87. The van der Waals surface area contributed by atoms with E-state index in [-0.39, 0.29) is 12.5 Å². The number of hydrogen-bond donors (Lipinski definition) is 2. The van der Waals surface area contributed by atoms with E-state index in [1.807, 2.05) is 36.9 Å². The van der Waals surface area contributed by atoms with Gasteiger partial charge in [0.2, 0.25) is 5.91 Å². The Morgan fingerprint density at radius 1 is 1.13 bits per heavy atom. The van der Waals surface area contributed by atoms with Gasteiger partial charge >= 0.3 is 0 Å². The van der Waals surface area contributed by atoms with Crippen molar-refractivity contribution in [2.24, 2.45) is 5.73 Å². The van der Waals surface area contributed by atoms with Crippen molar-refractivity contribution >= 4 is 35.3 Å². The summed E-state index contributed by atoms with van der Waals surface area (Å²) in [6.45, 7) is 1.87. The SMILES string of the molecule is Cc1cc(SC2CCCCC2)ccc1NC(=O)C=Cc1ccc(OCC(N)=O)cc1. The molecule has 0 aromatic heterocycles. The summed E-state index contributed by atoms with van der Waals surface area (Å²) in [5.41, 5.74) is 7.80. The molecule has 0 unspecified atom stereocenters. The van der Waals surface area contributed by atoms with E-state index in [1.54, 1.807) is 18.2 Å². The van der Waals surface area contributed by atoms with Gasteiger partial charge in [-0.05, 0) is 67.3 Å². The molecule has 2 amide bonds. The van der Waals surface area contributed by atoms with E-state index in [1.165, 1.54) is 43.1 Å². The van der Waals surface area contributed by atoms with Gasteiger partial charge < -0.3 is 15.8 Å². The maximum absolute atomic E-state index is 12.3. The number of aryl methyl sites for hydroxylation is 1. The van der Waals surface area contributed by atoms with E-state index < -0.39 is 5.91 Å². The van der Waals surface area contributed by atoms with Gasteiger partial charge in [0, 0.05) is 21.9 Å². The lowest BCUT2D eigenvalue weighted by Crippen LogP contribution is -2.19. The molecule has 0 spiro atoms. The van der Waals surface area contributed by atoms with Gasteiger partial charge in [-0.3, -0.25) is 9.59 Å². The van der Waals surface area contributed by atoms with E-state index in [2.05, 4.69) is 17.4 Å². The van der Waals surface area contributed by atoms with Crippen LogP contribution in [0, 0.1) is 6.92 Å². The molecule has 30 heavy (non-hydrogen) atoms. The summed E-state index contributed by atoms with van der Waals surface area (Å²) in [4.78, 5) is 24.3. The van der Waals surface area contributed by atoms with Crippen LogP contribution in [0.15, 0.2) is 53.4 Å². The molecule has 1 aliphatic rings. The van der Waals surface area contributed by atoms with Crippen LogP contribution in [-0.4, -0.2) is 23.7 Å². The third-order valence-corrected chi connectivity index (χ3v) is 6.33. The van der Waals surface area contributed by atoms with Crippen molar-refractivity contribution in [1.82, 2.24) is 0 Å². The van der Waals surface area contributed by atoms with Crippen LogP contribution in [0.25, 0.3) is 6.08 Å². The monoisotopic (exact) mass is 424 g/mol. The van der Waals surface area contributed by atoms with Crippen molar-refractivity contribution in [2.75, 3.05) is 11.9 Å². The second kappa shape index (κ2) is 10.9. The lowest BCUT2D eigenvalue weighted by molar-refractivity contribution is -0.120. The molecule has 2 aromatic carbocycles. The van der Waals surface area contributed by atoms with E-state index in [0.29, 0.717) is 11.0 Å². The minimum atomic E-state index is -0.522. The Morgan fingerprint density at radius 2 is 1.87 bits per heavy atom. The number of primary amides is 1. The standard InChI is InChI=1S/C24H28N2O3S/c1-17-15-21(30-20-5-3-2-4-6-20)12-13-22(17)26-24(28)14-9-18-7-10-19(11-8-18)29-16-23(25)27/h7-15,20H,2-6,16H2,1H3,(H2,25,27)(H,26,28). The van der Waals surface area contributed by atoms with Crippen molar-refractivity contribution in [2.45, 2.75) is 49.2 Å². The molecule has 158 valence electrons. The topological polar surface area (TPSA) is 81.4 Å². The fourth-order valence-corrected chi connectivity index (χ4v) is 4.75. The number of benzene rings is 2. The first-order chi connectivity index (χ1) is 14.5. The number of thioether (sulfide) groups is 1. The lowest BCUT2D eigenvalue weighted by atomic mass is 10.0. The summed E-state index contributed by atoms with van der Waals surface area (Å²) in [7, 11) is 0. The zero-order chi connectivity index (χ0) is 21.3. The smallest absolute Gasteiger partial charge is 0.255 e. The zero-order valence-corrected chi connectivity index (χ0v) is 18.0. The molecule has 0 saturated heterocycles. The van der Waals surface area contributed by atoms with Gasteiger partial charge in [0.05, 0.1) is 0 Å². The lowest BCUT2D eigenvalue weighted by Gasteiger charge is -2.21. The number of rotatable bonds is 8. The van der Waals surface area contributed by atoms with Crippen LogP contribution >= 0.6 is 11.8 Å². The number of anilines is 1. The van der Waals surface area contributed by atoms with Crippen LogP contribution in [0.1, 0.15) is 43.2 Å². The molecule has 3 N–H and O–H groups in total. The molecule has 0 radical (unpaired) electrons. The highest BCUT2D eigenvalue weighted by atomic mass is 32.2. The number of ether oxygens (including phenoxy) is 1.